The monoisotopic (exact) mass is 425 g/mol. The molecule has 0 fully saturated rings. The number of hydrogen-bond donors (Lipinski definition) is 1. The second kappa shape index (κ2) is 7.79. The van der Waals surface area contributed by atoms with Crippen LogP contribution < -0.4 is 5.32 Å². The number of sulfone groups is 1. The van der Waals surface area contributed by atoms with Gasteiger partial charge in [-0.05, 0) is 55.0 Å². The Hall–Kier alpha value is -2.19. The average molecular weight is 426 g/mol. The van der Waals surface area contributed by atoms with E-state index in [0.717, 1.165) is 16.3 Å². The lowest BCUT2D eigenvalue weighted by Crippen LogP contribution is -2.21. The molecule has 0 aliphatic carbocycles. The summed E-state index contributed by atoms with van der Waals surface area (Å²) in [6.07, 6.45) is 1.08. The fraction of sp³-hybridized carbons (Fsp3) is 0.176. The van der Waals surface area contributed by atoms with Gasteiger partial charge in [-0.3, -0.25) is 4.79 Å². The Bertz CT molecular complexity index is 907. The van der Waals surface area contributed by atoms with Crippen LogP contribution in [0.2, 0.25) is 0 Å². The van der Waals surface area contributed by atoms with Gasteiger partial charge in [0.2, 0.25) is 0 Å². The second-order valence-electron chi connectivity index (χ2n) is 5.38. The van der Waals surface area contributed by atoms with Crippen molar-refractivity contribution in [2.24, 2.45) is 0 Å². The summed E-state index contributed by atoms with van der Waals surface area (Å²) < 4.78 is 28.6. The van der Waals surface area contributed by atoms with Gasteiger partial charge in [0.05, 0.1) is 10.5 Å². The van der Waals surface area contributed by atoms with Crippen molar-refractivity contribution in [3.63, 3.8) is 0 Å². The normalized spacial score (nSPS) is 11.0. The average Bonchev–Trinajstić information content (AvgIpc) is 2.54. The molecule has 0 aliphatic heterocycles. The summed E-state index contributed by atoms with van der Waals surface area (Å²) in [6, 6.07) is 10.7. The minimum Gasteiger partial charge on any atom is -0.452 e. The molecule has 0 heterocycles. The number of amides is 1. The topological polar surface area (TPSA) is 89.5 Å². The lowest BCUT2D eigenvalue weighted by atomic mass is 10.2. The number of anilines is 1. The third kappa shape index (κ3) is 5.40. The minimum absolute atomic E-state index is 0.104. The van der Waals surface area contributed by atoms with Crippen LogP contribution in [0.25, 0.3) is 0 Å². The summed E-state index contributed by atoms with van der Waals surface area (Å²) in [5.41, 5.74) is 1.66. The van der Waals surface area contributed by atoms with E-state index in [2.05, 4.69) is 21.2 Å². The first-order chi connectivity index (χ1) is 11.7. The summed E-state index contributed by atoms with van der Waals surface area (Å²) in [6.45, 7) is 1.40. The molecule has 0 saturated heterocycles. The third-order valence-electron chi connectivity index (χ3n) is 3.32. The number of carbonyl (C=O) groups is 2. The van der Waals surface area contributed by atoms with Crippen molar-refractivity contribution >= 4 is 43.3 Å². The predicted octanol–water partition coefficient (Wildman–Crippen LogP) is 2.96. The highest BCUT2D eigenvalue weighted by atomic mass is 79.9. The molecule has 132 valence electrons. The van der Waals surface area contributed by atoms with Crippen LogP contribution in [0.15, 0.2) is 51.8 Å². The molecule has 25 heavy (non-hydrogen) atoms. The molecule has 0 saturated carbocycles. The van der Waals surface area contributed by atoms with Crippen molar-refractivity contribution in [1.82, 2.24) is 0 Å². The maximum atomic E-state index is 11.9. The second-order valence-corrected chi connectivity index (χ2v) is 8.31. The van der Waals surface area contributed by atoms with Crippen molar-refractivity contribution in [3.8, 4) is 0 Å². The van der Waals surface area contributed by atoms with Crippen LogP contribution in [0, 0.1) is 6.92 Å². The zero-order valence-corrected chi connectivity index (χ0v) is 16.0. The number of esters is 1. The largest absolute Gasteiger partial charge is 0.452 e. The standard InChI is InChI=1S/C17H16BrNO5S/c1-11-9-13(18)5-8-15(11)19-16(20)10-24-17(21)12-3-6-14(7-4-12)25(2,22)23/h3-9H,10H2,1-2H3,(H,19,20). The van der Waals surface area contributed by atoms with E-state index in [9.17, 15) is 18.0 Å². The summed E-state index contributed by atoms with van der Waals surface area (Å²) in [4.78, 5) is 23.9. The molecule has 0 atom stereocenters. The maximum Gasteiger partial charge on any atom is 0.338 e. The number of aryl methyl sites for hydroxylation is 1. The lowest BCUT2D eigenvalue weighted by molar-refractivity contribution is -0.119. The van der Waals surface area contributed by atoms with Gasteiger partial charge in [0.25, 0.3) is 5.91 Å². The molecule has 8 heteroatoms. The van der Waals surface area contributed by atoms with E-state index in [4.69, 9.17) is 4.74 Å². The Balaban J connectivity index is 1.94. The summed E-state index contributed by atoms with van der Waals surface area (Å²) in [7, 11) is -3.33. The fourth-order valence-corrected chi connectivity index (χ4v) is 3.11. The van der Waals surface area contributed by atoms with E-state index >= 15 is 0 Å². The van der Waals surface area contributed by atoms with Crippen LogP contribution in [0.4, 0.5) is 5.69 Å². The highest BCUT2D eigenvalue weighted by molar-refractivity contribution is 9.10. The molecule has 2 rings (SSSR count). The van der Waals surface area contributed by atoms with Crippen molar-refractivity contribution in [3.05, 3.63) is 58.1 Å². The van der Waals surface area contributed by atoms with E-state index in [1.54, 1.807) is 12.1 Å². The van der Waals surface area contributed by atoms with Crippen LogP contribution in [0.5, 0.6) is 0 Å². The number of rotatable bonds is 5. The van der Waals surface area contributed by atoms with Gasteiger partial charge in [0.1, 0.15) is 0 Å². The molecule has 0 spiro atoms. The molecular weight excluding hydrogens is 410 g/mol. The third-order valence-corrected chi connectivity index (χ3v) is 4.94. The van der Waals surface area contributed by atoms with Crippen molar-refractivity contribution < 1.29 is 22.7 Å². The van der Waals surface area contributed by atoms with Gasteiger partial charge < -0.3 is 10.1 Å². The highest BCUT2D eigenvalue weighted by Crippen LogP contribution is 2.20. The van der Waals surface area contributed by atoms with E-state index < -0.39 is 28.3 Å². The molecule has 0 unspecified atom stereocenters. The zero-order chi connectivity index (χ0) is 18.6. The van der Waals surface area contributed by atoms with Crippen LogP contribution in [-0.2, 0) is 19.4 Å². The van der Waals surface area contributed by atoms with E-state index in [0.29, 0.717) is 5.69 Å². The molecule has 2 aromatic carbocycles. The van der Waals surface area contributed by atoms with Crippen LogP contribution in [0.1, 0.15) is 15.9 Å². The van der Waals surface area contributed by atoms with E-state index in [1.165, 1.54) is 24.3 Å². The number of nitrogens with one attached hydrogen (secondary N) is 1. The fourth-order valence-electron chi connectivity index (χ4n) is 2.01. The number of carbonyl (C=O) groups excluding carboxylic acids is 2. The van der Waals surface area contributed by atoms with Gasteiger partial charge in [-0.25, -0.2) is 13.2 Å². The van der Waals surface area contributed by atoms with Gasteiger partial charge in [-0.1, -0.05) is 15.9 Å². The van der Waals surface area contributed by atoms with Gasteiger partial charge in [-0.15, -0.1) is 0 Å². The van der Waals surface area contributed by atoms with Crippen LogP contribution in [0.3, 0.4) is 0 Å². The molecule has 2 aromatic rings. The summed E-state index contributed by atoms with van der Waals surface area (Å²) in [5.74, 6) is -1.17. The molecule has 1 amide bonds. The van der Waals surface area contributed by atoms with Crippen molar-refractivity contribution in [2.45, 2.75) is 11.8 Å². The van der Waals surface area contributed by atoms with E-state index in [-0.39, 0.29) is 10.5 Å². The van der Waals surface area contributed by atoms with Crippen molar-refractivity contribution in [2.75, 3.05) is 18.2 Å². The lowest BCUT2D eigenvalue weighted by Gasteiger charge is -2.09. The molecule has 0 aliphatic rings. The van der Waals surface area contributed by atoms with E-state index in [1.807, 2.05) is 13.0 Å². The Labute approximate surface area is 154 Å². The first kappa shape index (κ1) is 19.1. The van der Waals surface area contributed by atoms with Gasteiger partial charge >= 0.3 is 5.97 Å². The Morgan fingerprint density at radius 3 is 2.32 bits per heavy atom. The van der Waals surface area contributed by atoms with Gasteiger partial charge in [-0.2, -0.15) is 0 Å². The minimum atomic E-state index is -3.33. The van der Waals surface area contributed by atoms with Gasteiger partial charge in [0.15, 0.2) is 16.4 Å². The SMILES string of the molecule is Cc1cc(Br)ccc1NC(=O)COC(=O)c1ccc(S(C)(=O)=O)cc1. The Kier molecular flexibility index (Phi) is 5.97. The predicted molar refractivity (Wildman–Crippen MR) is 97.3 cm³/mol. The van der Waals surface area contributed by atoms with Crippen LogP contribution >= 0.6 is 15.9 Å². The number of ether oxygens (including phenoxy) is 1. The maximum absolute atomic E-state index is 11.9. The summed E-state index contributed by atoms with van der Waals surface area (Å²) in [5, 5.41) is 2.66. The van der Waals surface area contributed by atoms with Gasteiger partial charge in [0, 0.05) is 16.4 Å². The first-order valence-electron chi connectivity index (χ1n) is 7.20. The van der Waals surface area contributed by atoms with Crippen molar-refractivity contribution in [1.29, 1.82) is 0 Å². The molecule has 0 radical (unpaired) electrons. The first-order valence-corrected chi connectivity index (χ1v) is 9.88. The molecular formula is C17H16BrNO5S. The quantitative estimate of drug-likeness (QED) is 0.743. The Morgan fingerprint density at radius 2 is 1.76 bits per heavy atom. The van der Waals surface area contributed by atoms with Crippen LogP contribution in [-0.4, -0.2) is 33.2 Å². The molecule has 6 nitrogen and oxygen atoms in total. The molecule has 1 N–H and O–H groups in total. The highest BCUT2D eigenvalue weighted by Gasteiger charge is 2.13. The number of hydrogen-bond acceptors (Lipinski definition) is 5. The smallest absolute Gasteiger partial charge is 0.338 e. The number of halogens is 1. The number of benzene rings is 2. The summed E-state index contributed by atoms with van der Waals surface area (Å²) >= 11 is 3.34. The molecule has 0 bridgehead atoms. The molecule has 0 aromatic heterocycles. The zero-order valence-electron chi connectivity index (χ0n) is 13.6. The Morgan fingerprint density at radius 1 is 1.12 bits per heavy atom.